The molecule has 0 radical (unpaired) electrons. The van der Waals surface area contributed by atoms with Gasteiger partial charge in [-0.1, -0.05) is 43.6 Å². The van der Waals surface area contributed by atoms with Crippen LogP contribution in [0.2, 0.25) is 5.02 Å². The first kappa shape index (κ1) is 19.4. The summed E-state index contributed by atoms with van der Waals surface area (Å²) in [4.78, 5) is 17.0. The van der Waals surface area contributed by atoms with Crippen LogP contribution in [0.5, 0.6) is 0 Å². The minimum Gasteiger partial charge on any atom is -0.352 e. The van der Waals surface area contributed by atoms with Gasteiger partial charge in [0.2, 0.25) is 0 Å². The molecule has 142 valence electrons. The number of carbonyl (C=O) groups excluding carboxylic acids is 1. The Morgan fingerprint density at radius 1 is 1.19 bits per heavy atom. The molecule has 0 bridgehead atoms. The van der Waals surface area contributed by atoms with Crippen LogP contribution in [0, 0.1) is 5.92 Å². The molecular weight excluding hydrogens is 358 g/mol. The average molecular weight is 384 g/mol. The maximum Gasteiger partial charge on any atom is 0.251 e. The molecule has 3 rings (SSSR count). The van der Waals surface area contributed by atoms with Crippen molar-refractivity contribution in [1.82, 2.24) is 14.9 Å². The Labute approximate surface area is 165 Å². The highest BCUT2D eigenvalue weighted by atomic mass is 35.5. The molecule has 0 saturated carbocycles. The first-order valence-electron chi connectivity index (χ1n) is 9.52. The van der Waals surface area contributed by atoms with Gasteiger partial charge in [-0.25, -0.2) is 4.98 Å². The minimum absolute atomic E-state index is 0.0918. The number of benzene rings is 2. The number of aromatic nitrogens is 2. The lowest BCUT2D eigenvalue weighted by Crippen LogP contribution is -2.25. The van der Waals surface area contributed by atoms with E-state index >= 15 is 0 Å². The largest absolute Gasteiger partial charge is 0.352 e. The highest BCUT2D eigenvalue weighted by molar-refractivity contribution is 6.30. The van der Waals surface area contributed by atoms with E-state index in [-0.39, 0.29) is 5.91 Å². The zero-order chi connectivity index (χ0) is 19.2. The number of nitrogens with one attached hydrogen (secondary N) is 1. The molecule has 0 aliphatic rings. The molecule has 0 saturated heterocycles. The number of hydrogen-bond donors (Lipinski definition) is 1. The number of para-hydroxylation sites is 2. The van der Waals surface area contributed by atoms with E-state index in [9.17, 15) is 4.79 Å². The van der Waals surface area contributed by atoms with E-state index < -0.39 is 0 Å². The number of amides is 1. The molecule has 5 heteroatoms. The van der Waals surface area contributed by atoms with Crippen LogP contribution in [0.1, 0.15) is 42.9 Å². The maximum absolute atomic E-state index is 12.2. The lowest BCUT2D eigenvalue weighted by molar-refractivity contribution is 0.0953. The quantitative estimate of drug-likeness (QED) is 0.550. The molecule has 0 spiro atoms. The predicted molar refractivity (Wildman–Crippen MR) is 111 cm³/mol. The van der Waals surface area contributed by atoms with Gasteiger partial charge in [-0.3, -0.25) is 4.79 Å². The van der Waals surface area contributed by atoms with Gasteiger partial charge in [-0.2, -0.15) is 0 Å². The number of imidazole rings is 1. The fraction of sp³-hybridized carbons (Fsp3) is 0.364. The van der Waals surface area contributed by atoms with Gasteiger partial charge in [0, 0.05) is 30.1 Å². The average Bonchev–Trinajstić information content (AvgIpc) is 3.00. The zero-order valence-electron chi connectivity index (χ0n) is 15.9. The molecule has 2 aromatic carbocycles. The molecule has 0 aliphatic carbocycles. The van der Waals surface area contributed by atoms with Crippen LogP contribution in [-0.4, -0.2) is 22.0 Å². The van der Waals surface area contributed by atoms with E-state index in [1.165, 1.54) is 5.52 Å². The van der Waals surface area contributed by atoms with Crippen molar-refractivity contribution in [2.45, 2.75) is 39.7 Å². The van der Waals surface area contributed by atoms with Crippen LogP contribution in [0.4, 0.5) is 0 Å². The van der Waals surface area contributed by atoms with Gasteiger partial charge >= 0.3 is 0 Å². The van der Waals surface area contributed by atoms with Crippen LogP contribution in [-0.2, 0) is 13.0 Å². The van der Waals surface area contributed by atoms with Crippen molar-refractivity contribution < 1.29 is 4.79 Å². The fourth-order valence-electron chi connectivity index (χ4n) is 3.13. The molecule has 1 heterocycles. The van der Waals surface area contributed by atoms with Crippen LogP contribution in [0.25, 0.3) is 11.0 Å². The molecule has 3 aromatic rings. The summed E-state index contributed by atoms with van der Waals surface area (Å²) in [5, 5.41) is 3.54. The number of carbonyl (C=O) groups is 1. The molecule has 0 atom stereocenters. The van der Waals surface area contributed by atoms with Crippen molar-refractivity contribution in [1.29, 1.82) is 0 Å². The fourth-order valence-corrected chi connectivity index (χ4v) is 3.32. The molecule has 0 fully saturated rings. The second-order valence-electron chi connectivity index (χ2n) is 7.22. The molecule has 27 heavy (non-hydrogen) atoms. The van der Waals surface area contributed by atoms with Crippen LogP contribution >= 0.6 is 11.6 Å². The summed E-state index contributed by atoms with van der Waals surface area (Å²) in [6.45, 7) is 6.06. The Bertz CT molecular complexity index is 917. The van der Waals surface area contributed by atoms with Crippen molar-refractivity contribution in [3.8, 4) is 0 Å². The van der Waals surface area contributed by atoms with Crippen molar-refractivity contribution in [3.63, 3.8) is 0 Å². The molecule has 1 aromatic heterocycles. The van der Waals surface area contributed by atoms with Gasteiger partial charge in [-0.15, -0.1) is 0 Å². The summed E-state index contributed by atoms with van der Waals surface area (Å²) >= 11 is 5.95. The van der Waals surface area contributed by atoms with Gasteiger partial charge < -0.3 is 9.88 Å². The van der Waals surface area contributed by atoms with Crippen LogP contribution in [0.15, 0.2) is 48.5 Å². The summed E-state index contributed by atoms with van der Waals surface area (Å²) < 4.78 is 2.33. The van der Waals surface area contributed by atoms with Gasteiger partial charge in [0.1, 0.15) is 5.82 Å². The summed E-state index contributed by atoms with van der Waals surface area (Å²) in [5.74, 6) is 1.65. The number of aryl methyl sites for hydroxylation is 2. The van der Waals surface area contributed by atoms with E-state index in [0.29, 0.717) is 23.0 Å². The molecule has 1 N–H and O–H groups in total. The standard InChI is InChI=1S/C22H26ClN3O/c1-16(2)12-14-26-20-10-4-3-9-19(20)25-21(26)11-6-13-24-22(27)17-7-5-8-18(23)15-17/h3-5,7-10,15-16H,6,11-14H2,1-2H3,(H,24,27). The van der Waals surface area contributed by atoms with Crippen molar-refractivity contribution in [2.24, 2.45) is 5.92 Å². The van der Waals surface area contributed by atoms with Gasteiger partial charge in [0.15, 0.2) is 0 Å². The Hall–Kier alpha value is -2.33. The van der Waals surface area contributed by atoms with E-state index in [0.717, 1.165) is 37.1 Å². The highest BCUT2D eigenvalue weighted by Crippen LogP contribution is 2.19. The Morgan fingerprint density at radius 3 is 2.78 bits per heavy atom. The first-order chi connectivity index (χ1) is 13.0. The third kappa shape index (κ3) is 5.10. The molecular formula is C22H26ClN3O. The molecule has 4 nitrogen and oxygen atoms in total. The minimum atomic E-state index is -0.0918. The van der Waals surface area contributed by atoms with Gasteiger partial charge in [0.25, 0.3) is 5.91 Å². The van der Waals surface area contributed by atoms with E-state index in [1.54, 1.807) is 24.3 Å². The van der Waals surface area contributed by atoms with Crippen LogP contribution < -0.4 is 5.32 Å². The SMILES string of the molecule is CC(C)CCn1c(CCCNC(=O)c2cccc(Cl)c2)nc2ccccc21. The second kappa shape index (κ2) is 9.05. The number of fused-ring (bicyclic) bond motifs is 1. The monoisotopic (exact) mass is 383 g/mol. The third-order valence-corrected chi connectivity index (χ3v) is 4.85. The van der Waals surface area contributed by atoms with Gasteiger partial charge in [-0.05, 0) is 49.1 Å². The number of rotatable bonds is 8. The van der Waals surface area contributed by atoms with E-state index in [1.807, 2.05) is 6.07 Å². The predicted octanol–water partition coefficient (Wildman–Crippen LogP) is 5.10. The Morgan fingerprint density at radius 2 is 2.00 bits per heavy atom. The van der Waals surface area contributed by atoms with E-state index in [2.05, 4.69) is 41.9 Å². The lowest BCUT2D eigenvalue weighted by atomic mass is 10.1. The zero-order valence-corrected chi connectivity index (χ0v) is 16.7. The summed E-state index contributed by atoms with van der Waals surface area (Å²) in [6, 6.07) is 15.3. The Balaban J connectivity index is 1.61. The number of nitrogens with zero attached hydrogens (tertiary/aromatic N) is 2. The molecule has 1 amide bonds. The topological polar surface area (TPSA) is 46.9 Å². The van der Waals surface area contributed by atoms with Crippen LogP contribution in [0.3, 0.4) is 0 Å². The smallest absolute Gasteiger partial charge is 0.251 e. The molecule has 0 aliphatic heterocycles. The summed E-state index contributed by atoms with van der Waals surface area (Å²) in [7, 11) is 0. The first-order valence-corrected chi connectivity index (χ1v) is 9.90. The summed E-state index contributed by atoms with van der Waals surface area (Å²) in [6.07, 6.45) is 2.80. The van der Waals surface area contributed by atoms with E-state index in [4.69, 9.17) is 16.6 Å². The summed E-state index contributed by atoms with van der Waals surface area (Å²) in [5.41, 5.74) is 2.82. The molecule has 0 unspecified atom stereocenters. The highest BCUT2D eigenvalue weighted by Gasteiger charge is 2.11. The van der Waals surface area contributed by atoms with Gasteiger partial charge in [0.05, 0.1) is 11.0 Å². The van der Waals surface area contributed by atoms with Crippen molar-refractivity contribution in [2.75, 3.05) is 6.54 Å². The second-order valence-corrected chi connectivity index (χ2v) is 7.66. The normalized spacial score (nSPS) is 11.3. The lowest BCUT2D eigenvalue weighted by Gasteiger charge is -2.11. The third-order valence-electron chi connectivity index (χ3n) is 4.61. The van der Waals surface area contributed by atoms with Crippen molar-refractivity contribution >= 4 is 28.5 Å². The number of hydrogen-bond acceptors (Lipinski definition) is 2. The van der Waals surface area contributed by atoms with Crippen molar-refractivity contribution in [3.05, 3.63) is 64.9 Å². The number of halogens is 1. The maximum atomic E-state index is 12.2. The Kier molecular flexibility index (Phi) is 6.51.